The van der Waals surface area contributed by atoms with Gasteiger partial charge in [0.1, 0.15) is 6.10 Å². The van der Waals surface area contributed by atoms with Gasteiger partial charge in [-0.05, 0) is 49.4 Å². The number of ether oxygens (including phenoxy) is 1. The standard InChI is InChI=1S/C14H18N2O2.ClH/c17-14(13-4-2-8-18-13)16-11-5-6-12-10(9-11)3-1-7-15-12;/h5-6,9,13,15H,1-4,7-8H2,(H,16,17);1H/t13-;/m1./s1. The van der Waals surface area contributed by atoms with Crippen LogP contribution in [-0.4, -0.2) is 25.2 Å². The minimum atomic E-state index is -0.265. The molecule has 3 rings (SSSR count). The van der Waals surface area contributed by atoms with Crippen LogP contribution in [0.3, 0.4) is 0 Å². The van der Waals surface area contributed by atoms with Crippen LogP contribution in [0, 0.1) is 0 Å². The van der Waals surface area contributed by atoms with Gasteiger partial charge in [0.25, 0.3) is 5.91 Å². The predicted molar refractivity (Wildman–Crippen MR) is 78.1 cm³/mol. The maximum Gasteiger partial charge on any atom is 0.253 e. The summed E-state index contributed by atoms with van der Waals surface area (Å²) in [7, 11) is 0. The number of fused-ring (bicyclic) bond motifs is 1. The highest BCUT2D eigenvalue weighted by Crippen LogP contribution is 2.25. The second-order valence-electron chi connectivity index (χ2n) is 4.89. The smallest absolute Gasteiger partial charge is 0.253 e. The van der Waals surface area contributed by atoms with Gasteiger partial charge in [0, 0.05) is 24.5 Å². The van der Waals surface area contributed by atoms with Crippen LogP contribution in [0.5, 0.6) is 0 Å². The Kier molecular flexibility index (Phi) is 4.66. The van der Waals surface area contributed by atoms with Gasteiger partial charge in [-0.2, -0.15) is 0 Å². The van der Waals surface area contributed by atoms with Crippen molar-refractivity contribution in [2.24, 2.45) is 0 Å². The fourth-order valence-electron chi connectivity index (χ4n) is 2.56. The lowest BCUT2D eigenvalue weighted by Gasteiger charge is -2.19. The van der Waals surface area contributed by atoms with Crippen molar-refractivity contribution >= 4 is 29.7 Å². The quantitative estimate of drug-likeness (QED) is 0.877. The minimum Gasteiger partial charge on any atom is -0.385 e. The second-order valence-corrected chi connectivity index (χ2v) is 4.89. The molecule has 0 saturated carbocycles. The molecule has 2 aliphatic rings. The fraction of sp³-hybridized carbons (Fsp3) is 0.500. The summed E-state index contributed by atoms with van der Waals surface area (Å²) in [6.45, 7) is 1.74. The summed E-state index contributed by atoms with van der Waals surface area (Å²) in [5.74, 6) is -0.0174. The van der Waals surface area contributed by atoms with Gasteiger partial charge in [0.05, 0.1) is 0 Å². The van der Waals surface area contributed by atoms with E-state index in [0.29, 0.717) is 6.61 Å². The van der Waals surface area contributed by atoms with E-state index in [0.717, 1.165) is 37.9 Å². The van der Waals surface area contributed by atoms with Crippen molar-refractivity contribution in [2.45, 2.75) is 31.8 Å². The lowest BCUT2D eigenvalue weighted by molar-refractivity contribution is -0.124. The summed E-state index contributed by atoms with van der Waals surface area (Å²) in [5.41, 5.74) is 3.35. The fourth-order valence-corrected chi connectivity index (χ4v) is 2.56. The first-order chi connectivity index (χ1) is 8.83. The van der Waals surface area contributed by atoms with E-state index < -0.39 is 0 Å². The summed E-state index contributed by atoms with van der Waals surface area (Å²) in [5, 5.41) is 6.30. The van der Waals surface area contributed by atoms with Gasteiger partial charge in [-0.15, -0.1) is 12.4 Å². The van der Waals surface area contributed by atoms with Gasteiger partial charge < -0.3 is 15.4 Å². The SMILES string of the molecule is Cl.O=C(Nc1ccc2c(c1)CCCN2)[C@H]1CCCO1. The number of benzene rings is 1. The average Bonchev–Trinajstić information content (AvgIpc) is 2.92. The molecule has 19 heavy (non-hydrogen) atoms. The van der Waals surface area contributed by atoms with Crippen LogP contribution in [0.2, 0.25) is 0 Å². The van der Waals surface area contributed by atoms with E-state index in [9.17, 15) is 4.79 Å². The van der Waals surface area contributed by atoms with Crippen LogP contribution in [-0.2, 0) is 16.0 Å². The van der Waals surface area contributed by atoms with Gasteiger partial charge in [0.2, 0.25) is 0 Å². The van der Waals surface area contributed by atoms with Gasteiger partial charge in [-0.25, -0.2) is 0 Å². The van der Waals surface area contributed by atoms with Crippen LogP contribution < -0.4 is 10.6 Å². The first-order valence-corrected chi connectivity index (χ1v) is 6.62. The molecule has 1 atom stereocenters. The molecule has 0 aromatic heterocycles. The van der Waals surface area contributed by atoms with E-state index in [1.165, 1.54) is 11.3 Å². The lowest BCUT2D eigenvalue weighted by Crippen LogP contribution is -2.27. The monoisotopic (exact) mass is 282 g/mol. The molecule has 0 aliphatic carbocycles. The largest absolute Gasteiger partial charge is 0.385 e. The van der Waals surface area contributed by atoms with Crippen molar-refractivity contribution < 1.29 is 9.53 Å². The Morgan fingerprint density at radius 2 is 2.26 bits per heavy atom. The highest BCUT2D eigenvalue weighted by atomic mass is 35.5. The molecule has 1 aromatic rings. The number of carbonyl (C=O) groups is 1. The molecular formula is C14H19ClN2O2. The third kappa shape index (κ3) is 3.19. The molecule has 2 aliphatic heterocycles. The highest BCUT2D eigenvalue weighted by molar-refractivity contribution is 5.94. The molecule has 1 saturated heterocycles. The summed E-state index contributed by atoms with van der Waals surface area (Å²) in [6.07, 6.45) is 3.77. The van der Waals surface area contributed by atoms with E-state index in [1.807, 2.05) is 12.1 Å². The zero-order valence-corrected chi connectivity index (χ0v) is 11.6. The summed E-state index contributed by atoms with van der Waals surface area (Å²) < 4.78 is 5.38. The third-order valence-corrected chi connectivity index (χ3v) is 3.53. The van der Waals surface area contributed by atoms with Crippen molar-refractivity contribution in [2.75, 3.05) is 23.8 Å². The van der Waals surface area contributed by atoms with E-state index in [4.69, 9.17) is 4.74 Å². The van der Waals surface area contributed by atoms with Crippen molar-refractivity contribution in [3.8, 4) is 0 Å². The number of aryl methyl sites for hydroxylation is 1. The number of hydrogen-bond donors (Lipinski definition) is 2. The molecule has 104 valence electrons. The normalized spacial score (nSPS) is 20.9. The Hall–Kier alpha value is -1.26. The van der Waals surface area contributed by atoms with Crippen LogP contribution in [0.25, 0.3) is 0 Å². The molecule has 1 fully saturated rings. The Labute approximate surface area is 119 Å². The van der Waals surface area contributed by atoms with Gasteiger partial charge >= 0.3 is 0 Å². The molecule has 2 heterocycles. The Morgan fingerprint density at radius 1 is 1.37 bits per heavy atom. The number of carbonyl (C=O) groups excluding carboxylic acids is 1. The topological polar surface area (TPSA) is 50.4 Å². The number of hydrogen-bond acceptors (Lipinski definition) is 3. The van der Waals surface area contributed by atoms with E-state index in [1.54, 1.807) is 0 Å². The number of halogens is 1. The molecule has 0 bridgehead atoms. The zero-order chi connectivity index (χ0) is 12.4. The Balaban J connectivity index is 0.00000133. The molecule has 2 N–H and O–H groups in total. The van der Waals surface area contributed by atoms with Crippen LogP contribution >= 0.6 is 12.4 Å². The van der Waals surface area contributed by atoms with Gasteiger partial charge in [0.15, 0.2) is 0 Å². The molecule has 1 amide bonds. The molecule has 0 spiro atoms. The number of nitrogens with one attached hydrogen (secondary N) is 2. The van der Waals surface area contributed by atoms with Gasteiger partial charge in [-0.1, -0.05) is 0 Å². The summed E-state index contributed by atoms with van der Waals surface area (Å²) in [4.78, 5) is 11.9. The average molecular weight is 283 g/mol. The number of amides is 1. The van der Waals surface area contributed by atoms with Crippen molar-refractivity contribution in [3.63, 3.8) is 0 Å². The Morgan fingerprint density at radius 3 is 3.05 bits per heavy atom. The molecule has 0 unspecified atom stereocenters. The first-order valence-electron chi connectivity index (χ1n) is 6.62. The summed E-state index contributed by atoms with van der Waals surface area (Å²) >= 11 is 0. The first kappa shape index (κ1) is 14.2. The second kappa shape index (κ2) is 6.26. The van der Waals surface area contributed by atoms with Crippen LogP contribution in [0.15, 0.2) is 18.2 Å². The maximum absolute atomic E-state index is 11.9. The van der Waals surface area contributed by atoms with E-state index in [2.05, 4.69) is 16.7 Å². The van der Waals surface area contributed by atoms with Crippen LogP contribution in [0.1, 0.15) is 24.8 Å². The maximum atomic E-state index is 11.9. The molecule has 4 nitrogen and oxygen atoms in total. The van der Waals surface area contributed by atoms with Crippen LogP contribution in [0.4, 0.5) is 11.4 Å². The van der Waals surface area contributed by atoms with Gasteiger partial charge in [-0.3, -0.25) is 4.79 Å². The Bertz CT molecular complexity index is 459. The number of anilines is 2. The molecular weight excluding hydrogens is 264 g/mol. The summed E-state index contributed by atoms with van der Waals surface area (Å²) in [6, 6.07) is 6.05. The molecule has 1 aromatic carbocycles. The van der Waals surface area contributed by atoms with Crippen molar-refractivity contribution in [1.29, 1.82) is 0 Å². The third-order valence-electron chi connectivity index (χ3n) is 3.53. The predicted octanol–water partition coefficient (Wildman–Crippen LogP) is 2.58. The molecule has 5 heteroatoms. The van der Waals surface area contributed by atoms with Crippen molar-refractivity contribution in [1.82, 2.24) is 0 Å². The molecule has 0 radical (unpaired) electrons. The zero-order valence-electron chi connectivity index (χ0n) is 10.8. The van der Waals surface area contributed by atoms with Crippen molar-refractivity contribution in [3.05, 3.63) is 23.8 Å². The van der Waals surface area contributed by atoms with E-state index in [-0.39, 0.29) is 24.4 Å². The highest BCUT2D eigenvalue weighted by Gasteiger charge is 2.23. The number of rotatable bonds is 2. The minimum absolute atomic E-state index is 0. The lowest BCUT2D eigenvalue weighted by atomic mass is 10.0. The van der Waals surface area contributed by atoms with E-state index >= 15 is 0 Å².